The van der Waals surface area contributed by atoms with E-state index < -0.39 is 24.0 Å². The molecule has 0 radical (unpaired) electrons. The van der Waals surface area contributed by atoms with Crippen LogP contribution in [0.15, 0.2) is 82.7 Å². The van der Waals surface area contributed by atoms with E-state index in [9.17, 15) is 19.5 Å². The van der Waals surface area contributed by atoms with Gasteiger partial charge in [0.1, 0.15) is 17.1 Å². The van der Waals surface area contributed by atoms with E-state index in [-0.39, 0.29) is 26.7 Å². The SMILES string of the molecule is COc1cccc(N2C(=O)/C(=C/C=C(C)/C=C/c3c(CO)n(-c4cccc(OC)c4)c(=S)[nH]c3=O)C(=O)NC2=S)c1. The number of nitrogens with one attached hydrogen (secondary N) is 2. The molecule has 4 rings (SSSR count). The number of rotatable bonds is 8. The van der Waals surface area contributed by atoms with Gasteiger partial charge in [0.15, 0.2) is 9.88 Å². The molecule has 3 N–H and O–H groups in total. The maximum Gasteiger partial charge on any atom is 0.270 e. The molecule has 0 aliphatic carbocycles. The highest BCUT2D eigenvalue weighted by Crippen LogP contribution is 2.25. The minimum absolute atomic E-state index is 0.0451. The van der Waals surface area contributed by atoms with E-state index in [1.54, 1.807) is 72.2 Å². The van der Waals surface area contributed by atoms with Gasteiger partial charge in [-0.3, -0.25) is 34.2 Å². The van der Waals surface area contributed by atoms with Crippen LogP contribution in [-0.4, -0.2) is 45.8 Å². The second kappa shape index (κ2) is 12.7. The van der Waals surface area contributed by atoms with Gasteiger partial charge in [-0.25, -0.2) is 0 Å². The van der Waals surface area contributed by atoms with Gasteiger partial charge >= 0.3 is 0 Å². The van der Waals surface area contributed by atoms with Gasteiger partial charge in [-0.15, -0.1) is 0 Å². The zero-order valence-corrected chi connectivity index (χ0v) is 24.0. The molecule has 2 heterocycles. The topological polar surface area (TPSA) is 126 Å². The lowest BCUT2D eigenvalue weighted by Gasteiger charge is -2.28. The largest absolute Gasteiger partial charge is 0.497 e. The summed E-state index contributed by atoms with van der Waals surface area (Å²) in [6.45, 7) is 1.26. The van der Waals surface area contributed by atoms with Crippen LogP contribution in [0.1, 0.15) is 18.2 Å². The number of amides is 2. The van der Waals surface area contributed by atoms with Crippen LogP contribution < -0.4 is 25.2 Å². The number of aromatic amines is 1. The lowest BCUT2D eigenvalue weighted by molar-refractivity contribution is -0.122. The van der Waals surface area contributed by atoms with Crippen molar-refractivity contribution in [2.75, 3.05) is 19.1 Å². The van der Waals surface area contributed by atoms with Crippen LogP contribution in [0.25, 0.3) is 11.8 Å². The number of aliphatic hydroxyl groups excluding tert-OH is 1. The number of carbonyl (C=O) groups is 2. The number of hydrogen-bond donors (Lipinski definition) is 3. The number of H-pyrrole nitrogens is 1. The molecule has 210 valence electrons. The first kappa shape index (κ1) is 29.3. The molecule has 1 fully saturated rings. The van der Waals surface area contributed by atoms with Gasteiger partial charge in [0.05, 0.1) is 43.5 Å². The normalized spacial score (nSPS) is 15.0. The van der Waals surface area contributed by atoms with E-state index in [2.05, 4.69) is 10.3 Å². The van der Waals surface area contributed by atoms with Crippen molar-refractivity contribution in [3.05, 3.63) is 104 Å². The molecule has 2 aromatic carbocycles. The number of ether oxygens (including phenoxy) is 2. The minimum Gasteiger partial charge on any atom is -0.497 e. The minimum atomic E-state index is -0.633. The molecule has 0 bridgehead atoms. The van der Waals surface area contributed by atoms with Gasteiger partial charge in [0.2, 0.25) is 0 Å². The Bertz CT molecular complexity index is 1750. The summed E-state index contributed by atoms with van der Waals surface area (Å²) in [4.78, 5) is 42.5. The third-order valence-electron chi connectivity index (χ3n) is 6.15. The number of carbonyl (C=O) groups excluding carboxylic acids is 2. The van der Waals surface area contributed by atoms with Crippen LogP contribution in [0.5, 0.6) is 11.5 Å². The van der Waals surface area contributed by atoms with E-state index in [4.69, 9.17) is 33.9 Å². The lowest BCUT2D eigenvalue weighted by Crippen LogP contribution is -2.54. The van der Waals surface area contributed by atoms with Gasteiger partial charge in [-0.05, 0) is 67.8 Å². The molecule has 2 amide bonds. The number of thiocarbonyl (C=S) groups is 1. The highest BCUT2D eigenvalue weighted by atomic mass is 32.1. The Balaban J connectivity index is 1.67. The highest BCUT2D eigenvalue weighted by molar-refractivity contribution is 7.80. The maximum absolute atomic E-state index is 13.2. The van der Waals surface area contributed by atoms with E-state index in [0.717, 1.165) is 0 Å². The molecule has 0 spiro atoms. The van der Waals surface area contributed by atoms with Crippen LogP contribution in [0.3, 0.4) is 0 Å². The van der Waals surface area contributed by atoms with Crippen molar-refractivity contribution in [2.45, 2.75) is 13.5 Å². The third kappa shape index (κ3) is 6.24. The summed E-state index contributed by atoms with van der Waals surface area (Å²) in [5.74, 6) is -0.128. The Morgan fingerprint density at radius 2 is 1.63 bits per heavy atom. The number of methoxy groups -OCH3 is 2. The Hall–Kier alpha value is -4.65. The summed E-state index contributed by atoms with van der Waals surface area (Å²) in [6.07, 6.45) is 6.09. The predicted molar refractivity (Wildman–Crippen MR) is 162 cm³/mol. The van der Waals surface area contributed by atoms with Crippen molar-refractivity contribution in [3.63, 3.8) is 0 Å². The fourth-order valence-electron chi connectivity index (χ4n) is 4.09. The average molecular weight is 591 g/mol. The fraction of sp³-hybridized carbons (Fsp3) is 0.138. The van der Waals surface area contributed by atoms with E-state index in [0.29, 0.717) is 28.4 Å². The number of benzene rings is 2. The zero-order valence-electron chi connectivity index (χ0n) is 22.3. The Morgan fingerprint density at radius 3 is 2.27 bits per heavy atom. The van der Waals surface area contributed by atoms with E-state index in [1.807, 2.05) is 0 Å². The zero-order chi connectivity index (χ0) is 29.7. The third-order valence-corrected chi connectivity index (χ3v) is 6.72. The molecule has 0 atom stereocenters. The molecule has 1 aliphatic heterocycles. The van der Waals surface area contributed by atoms with Crippen LogP contribution in [-0.2, 0) is 16.2 Å². The van der Waals surface area contributed by atoms with Crippen molar-refractivity contribution in [1.82, 2.24) is 14.9 Å². The standard InChI is InChI=1S/C29H26N4O6S2/c1-17(11-13-23-26(36)31-29(41)33(27(23)37)19-7-5-9-21(15-19)39-3)10-12-22-24(16-34)32(28(40)30-25(22)35)18-6-4-8-20(14-18)38-2/h4-15,34H,16H2,1-3H3,(H,30,35,40)(H,31,36,41)/b12-10+,17-11+,23-13+. The Morgan fingerprint density at radius 1 is 1.00 bits per heavy atom. The molecule has 3 aromatic rings. The van der Waals surface area contributed by atoms with Crippen LogP contribution in [0, 0.1) is 4.77 Å². The predicted octanol–water partition coefficient (Wildman–Crippen LogP) is 3.74. The van der Waals surface area contributed by atoms with Gasteiger partial charge in [-0.2, -0.15) is 0 Å². The molecule has 1 aromatic heterocycles. The number of hydrogen-bond acceptors (Lipinski definition) is 8. The molecular formula is C29H26N4O6S2. The van der Waals surface area contributed by atoms with E-state index >= 15 is 0 Å². The molecule has 0 unspecified atom stereocenters. The van der Waals surface area contributed by atoms with Crippen LogP contribution in [0.4, 0.5) is 5.69 Å². The average Bonchev–Trinajstić information content (AvgIpc) is 2.96. The second-order valence-electron chi connectivity index (χ2n) is 8.74. The maximum atomic E-state index is 13.2. The smallest absolute Gasteiger partial charge is 0.270 e. The summed E-state index contributed by atoms with van der Waals surface area (Å²) in [7, 11) is 3.04. The van der Waals surface area contributed by atoms with Crippen molar-refractivity contribution < 1.29 is 24.2 Å². The number of allylic oxidation sites excluding steroid dienone is 4. The fourth-order valence-corrected chi connectivity index (χ4v) is 4.68. The van der Waals surface area contributed by atoms with Gasteiger partial charge in [0, 0.05) is 12.1 Å². The number of aromatic nitrogens is 2. The number of nitrogens with zero attached hydrogens (tertiary/aromatic N) is 2. The molecule has 10 nitrogen and oxygen atoms in total. The molecule has 41 heavy (non-hydrogen) atoms. The van der Waals surface area contributed by atoms with Crippen molar-refractivity contribution in [2.24, 2.45) is 0 Å². The van der Waals surface area contributed by atoms with Gasteiger partial charge in [-0.1, -0.05) is 29.9 Å². The Kier molecular flexibility index (Phi) is 9.07. The van der Waals surface area contributed by atoms with Gasteiger partial charge < -0.3 is 14.6 Å². The first-order valence-electron chi connectivity index (χ1n) is 12.2. The molecule has 1 aliphatic rings. The van der Waals surface area contributed by atoms with Crippen molar-refractivity contribution >= 4 is 53.1 Å². The van der Waals surface area contributed by atoms with Gasteiger partial charge in [0.25, 0.3) is 17.4 Å². The molecular weight excluding hydrogens is 564 g/mol. The van der Waals surface area contributed by atoms with E-state index in [1.165, 1.54) is 31.3 Å². The number of anilines is 1. The lowest BCUT2D eigenvalue weighted by atomic mass is 10.1. The molecule has 1 saturated heterocycles. The summed E-state index contributed by atoms with van der Waals surface area (Å²) >= 11 is 10.6. The van der Waals surface area contributed by atoms with Crippen molar-refractivity contribution in [3.8, 4) is 17.2 Å². The highest BCUT2D eigenvalue weighted by Gasteiger charge is 2.34. The first-order chi connectivity index (χ1) is 19.7. The summed E-state index contributed by atoms with van der Waals surface area (Å²) in [5, 5.41) is 12.7. The summed E-state index contributed by atoms with van der Waals surface area (Å²) in [6, 6.07) is 13.8. The molecule has 0 saturated carbocycles. The second-order valence-corrected chi connectivity index (χ2v) is 9.51. The monoisotopic (exact) mass is 590 g/mol. The van der Waals surface area contributed by atoms with Crippen LogP contribution >= 0.6 is 24.4 Å². The van der Waals surface area contributed by atoms with Crippen LogP contribution in [0.2, 0.25) is 0 Å². The molecule has 12 heteroatoms. The summed E-state index contributed by atoms with van der Waals surface area (Å²) < 4.78 is 12.2. The quantitative estimate of drug-likeness (QED) is 0.157. The Labute approximate surface area is 245 Å². The first-order valence-corrected chi connectivity index (χ1v) is 13.0. The summed E-state index contributed by atoms with van der Waals surface area (Å²) in [5.41, 5.74) is 1.50. The van der Waals surface area contributed by atoms with Crippen molar-refractivity contribution in [1.29, 1.82) is 0 Å². The number of aliphatic hydroxyl groups is 1.